The van der Waals surface area contributed by atoms with Gasteiger partial charge >= 0.3 is 5.69 Å². The second kappa shape index (κ2) is 9.52. The number of H-pyrrole nitrogens is 1. The molecule has 0 aliphatic heterocycles. The first kappa shape index (κ1) is 22.8. The summed E-state index contributed by atoms with van der Waals surface area (Å²) in [6, 6.07) is 7.26. The number of nitrogens with zero attached hydrogens (tertiary/aromatic N) is 4. The molecule has 9 nitrogen and oxygen atoms in total. The molecule has 0 atom stereocenters. The van der Waals surface area contributed by atoms with Gasteiger partial charge in [-0.1, -0.05) is 49.3 Å². The number of nitrogens with one attached hydrogen (secondary N) is 1. The van der Waals surface area contributed by atoms with Gasteiger partial charge in [-0.05, 0) is 25.0 Å². The number of hydrogen-bond acceptors (Lipinski definition) is 7. The van der Waals surface area contributed by atoms with Crippen molar-refractivity contribution in [3.05, 3.63) is 55.7 Å². The zero-order valence-corrected chi connectivity index (χ0v) is 19.0. The summed E-state index contributed by atoms with van der Waals surface area (Å²) in [5.74, 6) is 0.0424. The average molecular weight is 463 g/mol. The van der Waals surface area contributed by atoms with Gasteiger partial charge in [0.05, 0.1) is 5.75 Å². The summed E-state index contributed by atoms with van der Waals surface area (Å²) in [5.41, 5.74) is 5.20. The fourth-order valence-corrected chi connectivity index (χ4v) is 4.19. The van der Waals surface area contributed by atoms with Crippen LogP contribution < -0.4 is 17.0 Å². The summed E-state index contributed by atoms with van der Waals surface area (Å²) in [6.07, 6.45) is 0. The van der Waals surface area contributed by atoms with Gasteiger partial charge in [0.2, 0.25) is 0 Å². The van der Waals surface area contributed by atoms with Crippen molar-refractivity contribution >= 4 is 35.0 Å². The average Bonchev–Trinajstić information content (AvgIpc) is 3.12. The second-order valence-corrected chi connectivity index (χ2v) is 8.68. The van der Waals surface area contributed by atoms with Crippen LogP contribution in [0.1, 0.15) is 31.1 Å². The maximum atomic E-state index is 12.8. The predicted molar refractivity (Wildman–Crippen MR) is 122 cm³/mol. The van der Waals surface area contributed by atoms with Crippen LogP contribution in [0, 0.1) is 5.92 Å². The van der Waals surface area contributed by atoms with E-state index in [0.29, 0.717) is 29.1 Å². The topological polar surface area (TPSA) is 129 Å². The van der Waals surface area contributed by atoms with Gasteiger partial charge < -0.3 is 10.3 Å². The van der Waals surface area contributed by atoms with Crippen LogP contribution in [0.15, 0.2) is 39.0 Å². The van der Waals surface area contributed by atoms with Gasteiger partial charge in [-0.2, -0.15) is 0 Å². The third kappa shape index (κ3) is 4.91. The Morgan fingerprint density at radius 2 is 2.00 bits per heavy atom. The van der Waals surface area contributed by atoms with Crippen molar-refractivity contribution < 1.29 is 4.79 Å². The highest BCUT2D eigenvalue weighted by molar-refractivity contribution is 7.99. The Balaban J connectivity index is 1.87. The molecule has 0 aliphatic rings. The van der Waals surface area contributed by atoms with Crippen LogP contribution in [-0.4, -0.2) is 35.9 Å². The van der Waals surface area contributed by atoms with E-state index in [1.807, 2.05) is 37.5 Å². The number of aromatic amines is 1. The zero-order valence-electron chi connectivity index (χ0n) is 17.4. The van der Waals surface area contributed by atoms with Crippen LogP contribution in [0.25, 0.3) is 11.4 Å². The maximum absolute atomic E-state index is 12.8. The summed E-state index contributed by atoms with van der Waals surface area (Å²) in [6.45, 7) is 6.62. The molecule has 31 heavy (non-hydrogen) atoms. The number of aromatic nitrogens is 5. The number of carbonyl (C=O) groups is 1. The van der Waals surface area contributed by atoms with E-state index in [1.165, 1.54) is 4.57 Å². The number of ketones is 1. The summed E-state index contributed by atoms with van der Waals surface area (Å²) in [7, 11) is 0. The minimum atomic E-state index is -0.787. The lowest BCUT2D eigenvalue weighted by atomic mass is 10.2. The number of hydrogen-bond donors (Lipinski definition) is 2. The van der Waals surface area contributed by atoms with Gasteiger partial charge in [-0.25, -0.2) is 4.79 Å². The molecule has 2 aromatic heterocycles. The molecular weight excluding hydrogens is 440 g/mol. The second-order valence-electron chi connectivity index (χ2n) is 7.30. The lowest BCUT2D eigenvalue weighted by Crippen LogP contribution is -2.37. The van der Waals surface area contributed by atoms with Crippen LogP contribution in [0.4, 0.5) is 5.82 Å². The van der Waals surface area contributed by atoms with Crippen molar-refractivity contribution in [3.8, 4) is 11.4 Å². The van der Waals surface area contributed by atoms with E-state index in [0.717, 1.165) is 17.3 Å². The van der Waals surface area contributed by atoms with Crippen molar-refractivity contribution in [2.24, 2.45) is 5.92 Å². The van der Waals surface area contributed by atoms with E-state index < -0.39 is 17.0 Å². The smallest absolute Gasteiger partial charge is 0.329 e. The number of Topliss-reactive ketones (excluding diaryl/α,β-unsaturated/α-hetero) is 1. The molecular formula is C20H23ClN6O3S. The highest BCUT2D eigenvalue weighted by Gasteiger charge is 2.21. The lowest BCUT2D eigenvalue weighted by Gasteiger charge is -2.13. The molecule has 0 radical (unpaired) electrons. The number of anilines is 1. The van der Waals surface area contributed by atoms with Crippen molar-refractivity contribution in [2.45, 2.75) is 39.0 Å². The number of halogens is 1. The van der Waals surface area contributed by atoms with Gasteiger partial charge in [0.15, 0.2) is 16.8 Å². The fraction of sp³-hybridized carbons (Fsp3) is 0.350. The molecule has 3 aromatic rings. The van der Waals surface area contributed by atoms with Crippen LogP contribution in [-0.2, 0) is 13.1 Å². The van der Waals surface area contributed by atoms with Crippen molar-refractivity contribution in [3.63, 3.8) is 0 Å². The van der Waals surface area contributed by atoms with Gasteiger partial charge in [-0.15, -0.1) is 10.2 Å². The quantitative estimate of drug-likeness (QED) is 0.389. The predicted octanol–water partition coefficient (Wildman–Crippen LogP) is 2.68. The number of rotatable bonds is 8. The molecule has 0 spiro atoms. The number of nitrogens with two attached hydrogens (primary N) is 1. The molecule has 0 amide bonds. The molecule has 0 unspecified atom stereocenters. The highest BCUT2D eigenvalue weighted by atomic mass is 35.5. The number of benzene rings is 1. The third-order valence-electron chi connectivity index (χ3n) is 4.51. The van der Waals surface area contributed by atoms with Gasteiger partial charge in [-0.3, -0.25) is 19.1 Å². The van der Waals surface area contributed by atoms with Crippen LogP contribution in [0.3, 0.4) is 0 Å². The normalized spacial score (nSPS) is 11.3. The SMILES string of the molecule is CCn1c(SCC(=O)c2c(N)n(CC(C)C)c(=O)[nH]c2=O)nnc1-c1cccc(Cl)c1. The highest BCUT2D eigenvalue weighted by Crippen LogP contribution is 2.26. The number of nitrogen functional groups attached to an aromatic ring is 1. The molecule has 3 rings (SSSR count). The van der Waals surface area contributed by atoms with E-state index in [1.54, 1.807) is 12.1 Å². The van der Waals surface area contributed by atoms with E-state index in [-0.39, 0.29) is 23.1 Å². The van der Waals surface area contributed by atoms with Gasteiger partial charge in [0, 0.05) is 23.7 Å². The summed E-state index contributed by atoms with van der Waals surface area (Å²) in [4.78, 5) is 39.3. The van der Waals surface area contributed by atoms with Crippen LogP contribution in [0.5, 0.6) is 0 Å². The zero-order chi connectivity index (χ0) is 22.7. The Morgan fingerprint density at radius 3 is 2.65 bits per heavy atom. The Kier molecular flexibility index (Phi) is 7.01. The molecule has 1 aromatic carbocycles. The first-order chi connectivity index (χ1) is 14.7. The molecule has 3 N–H and O–H groups in total. The summed E-state index contributed by atoms with van der Waals surface area (Å²) < 4.78 is 3.08. The van der Waals surface area contributed by atoms with Crippen LogP contribution >= 0.6 is 23.4 Å². The summed E-state index contributed by atoms with van der Waals surface area (Å²) >= 11 is 7.22. The molecule has 2 heterocycles. The Bertz CT molecular complexity index is 1230. The molecule has 0 saturated heterocycles. The molecule has 164 valence electrons. The van der Waals surface area contributed by atoms with Gasteiger partial charge in [0.1, 0.15) is 11.4 Å². The van der Waals surface area contributed by atoms with Crippen LogP contribution in [0.2, 0.25) is 5.02 Å². The van der Waals surface area contributed by atoms with Crippen molar-refractivity contribution in [1.29, 1.82) is 0 Å². The number of carbonyl (C=O) groups excluding carboxylic acids is 1. The van der Waals surface area contributed by atoms with E-state index >= 15 is 0 Å². The molecule has 0 aliphatic carbocycles. The third-order valence-corrected chi connectivity index (χ3v) is 5.72. The maximum Gasteiger partial charge on any atom is 0.329 e. The largest absolute Gasteiger partial charge is 0.384 e. The molecule has 0 saturated carbocycles. The standard InChI is InChI=1S/C20H23ClN6O3S/c1-4-26-17(12-6-5-7-13(21)8-12)24-25-20(26)31-10-14(28)15-16(22)27(9-11(2)3)19(30)23-18(15)29/h5-8,11H,4,9-10,22H2,1-3H3,(H,23,29,30). The first-order valence-corrected chi connectivity index (χ1v) is 11.1. The Hall–Kier alpha value is -2.85. The van der Waals surface area contributed by atoms with Gasteiger partial charge in [0.25, 0.3) is 5.56 Å². The fourth-order valence-electron chi connectivity index (χ4n) is 3.13. The minimum absolute atomic E-state index is 0.0825. The molecule has 0 bridgehead atoms. The van der Waals surface area contributed by atoms with Crippen molar-refractivity contribution in [2.75, 3.05) is 11.5 Å². The Morgan fingerprint density at radius 1 is 1.26 bits per heavy atom. The molecule has 0 fully saturated rings. The number of thioether (sulfide) groups is 1. The van der Waals surface area contributed by atoms with E-state index in [2.05, 4.69) is 15.2 Å². The van der Waals surface area contributed by atoms with E-state index in [4.69, 9.17) is 17.3 Å². The summed E-state index contributed by atoms with van der Waals surface area (Å²) in [5, 5.41) is 9.52. The monoisotopic (exact) mass is 462 g/mol. The van der Waals surface area contributed by atoms with E-state index in [9.17, 15) is 14.4 Å². The minimum Gasteiger partial charge on any atom is -0.384 e. The first-order valence-electron chi connectivity index (χ1n) is 9.70. The Labute approximate surface area is 187 Å². The lowest BCUT2D eigenvalue weighted by molar-refractivity contribution is 0.102. The van der Waals surface area contributed by atoms with Crippen molar-refractivity contribution in [1.82, 2.24) is 24.3 Å². The molecule has 11 heteroatoms.